The monoisotopic (exact) mass is 638 g/mol. The van der Waals surface area contributed by atoms with Crippen molar-refractivity contribution in [3.05, 3.63) is 51.2 Å². The highest BCUT2D eigenvalue weighted by Gasteiger charge is 2.40. The van der Waals surface area contributed by atoms with Crippen molar-refractivity contribution >= 4 is 40.7 Å². The van der Waals surface area contributed by atoms with E-state index < -0.39 is 12.1 Å². The molecule has 2 heterocycles. The molecule has 0 bridgehead atoms. The molecule has 3 aliphatic rings. The van der Waals surface area contributed by atoms with Gasteiger partial charge >= 0.3 is 6.09 Å². The fourth-order valence-corrected chi connectivity index (χ4v) is 7.86. The summed E-state index contributed by atoms with van der Waals surface area (Å²) in [6.45, 7) is 0.556. The number of amides is 2. The molecule has 8 nitrogen and oxygen atoms in total. The third-order valence-electron chi connectivity index (χ3n) is 9.41. The molecule has 2 saturated carbocycles. The summed E-state index contributed by atoms with van der Waals surface area (Å²) >= 11 is 7.90. The van der Waals surface area contributed by atoms with Crippen LogP contribution in [0.1, 0.15) is 87.5 Å². The summed E-state index contributed by atoms with van der Waals surface area (Å²) in [7, 11) is 0. The minimum absolute atomic E-state index is 0.0200. The van der Waals surface area contributed by atoms with Gasteiger partial charge in [0.2, 0.25) is 5.91 Å². The van der Waals surface area contributed by atoms with E-state index in [1.807, 2.05) is 23.6 Å². The molecule has 0 unspecified atom stereocenters. The molecule has 236 valence electrons. The summed E-state index contributed by atoms with van der Waals surface area (Å²) in [5, 5.41) is 15.1. The largest absolute Gasteiger partial charge is 0.415 e. The van der Waals surface area contributed by atoms with E-state index in [1.165, 1.54) is 49.5 Å². The maximum Gasteiger partial charge on any atom is 0.415 e. The van der Waals surface area contributed by atoms with E-state index in [-0.39, 0.29) is 60.1 Å². The van der Waals surface area contributed by atoms with E-state index in [4.69, 9.17) is 16.3 Å². The zero-order chi connectivity index (χ0) is 30.9. The molecule has 2 amide bonds. The van der Waals surface area contributed by atoms with Gasteiger partial charge in [0, 0.05) is 30.4 Å². The number of Topliss-reactive ketones (excluding diaryl/α,β-unsaturated/α-hetero) is 1. The number of benzene rings is 1. The van der Waals surface area contributed by atoms with Gasteiger partial charge in [-0.1, -0.05) is 75.1 Å². The van der Waals surface area contributed by atoms with Crippen molar-refractivity contribution in [2.24, 2.45) is 5.92 Å². The van der Waals surface area contributed by atoms with E-state index in [0.717, 1.165) is 37.0 Å². The van der Waals surface area contributed by atoms with Gasteiger partial charge in [-0.2, -0.15) is 5.26 Å². The average molecular weight is 639 g/mol. The first-order valence-corrected chi connectivity index (χ1v) is 17.5. The van der Waals surface area contributed by atoms with Crippen LogP contribution in [0.5, 0.6) is 5.75 Å². The number of hydrogen-bond donors (Lipinski definition) is 1. The van der Waals surface area contributed by atoms with Crippen molar-refractivity contribution in [1.29, 1.82) is 5.26 Å². The van der Waals surface area contributed by atoms with Crippen LogP contribution in [0.4, 0.5) is 4.79 Å². The number of nitrogens with one attached hydrogen (secondary N) is 1. The number of rotatable bonds is 10. The fraction of sp³-hybridized carbons (Fsp3) is 0.588. The third kappa shape index (κ3) is 8.41. The number of carbonyl (C=O) groups excluding carboxylic acids is 3. The number of nitriles is 1. The van der Waals surface area contributed by atoms with Crippen LogP contribution in [0.3, 0.4) is 0 Å². The lowest BCUT2D eigenvalue weighted by Gasteiger charge is -2.42. The normalized spacial score (nSPS) is 20.6. The Morgan fingerprint density at radius 3 is 2.48 bits per heavy atom. The lowest BCUT2D eigenvalue weighted by Crippen LogP contribution is -2.63. The number of piperazine rings is 1. The lowest BCUT2D eigenvalue weighted by molar-refractivity contribution is -0.145. The minimum atomic E-state index is -0.758. The number of carbonyl (C=O) groups is 3. The Morgan fingerprint density at radius 1 is 1.02 bits per heavy atom. The number of nitrogens with zero attached hydrogens (tertiary/aromatic N) is 3. The Morgan fingerprint density at radius 2 is 1.77 bits per heavy atom. The van der Waals surface area contributed by atoms with Crippen molar-refractivity contribution in [1.82, 2.24) is 15.1 Å². The van der Waals surface area contributed by atoms with Crippen LogP contribution in [0, 0.1) is 17.2 Å². The first kappa shape index (κ1) is 32.5. The molecule has 2 atom stereocenters. The topological polar surface area (TPSA) is 103 Å². The van der Waals surface area contributed by atoms with Crippen LogP contribution in [0.15, 0.2) is 35.7 Å². The van der Waals surface area contributed by atoms with Gasteiger partial charge in [0.15, 0.2) is 11.5 Å². The zero-order valence-corrected chi connectivity index (χ0v) is 26.9. The standard InChI is InChI=1S/C34H43ClN4O4S/c35-32-25(22-36)11-7-15-31(32)43-34(42)38-18-19-39(29(23-38)30(40)17-16-27-14-8-20-44-27)33(41)28(21-24-9-3-1-4-10-24)37-26-12-5-2-6-13-26/h7-8,11,14-15,20,24,26,28-29,37H,1-6,9-10,12-13,16-19,21,23H2/t28-,29+/m1/s1. The van der Waals surface area contributed by atoms with Gasteiger partial charge in [0.05, 0.1) is 18.2 Å². The molecule has 1 aliphatic heterocycles. The van der Waals surface area contributed by atoms with E-state index in [9.17, 15) is 19.6 Å². The van der Waals surface area contributed by atoms with E-state index in [1.54, 1.807) is 28.4 Å². The summed E-state index contributed by atoms with van der Waals surface area (Å²) < 4.78 is 5.60. The number of halogens is 1. The molecular weight excluding hydrogens is 596 g/mol. The van der Waals surface area contributed by atoms with Crippen molar-refractivity contribution in [2.75, 3.05) is 19.6 Å². The predicted molar refractivity (Wildman–Crippen MR) is 172 cm³/mol. The number of ketones is 1. The summed E-state index contributed by atoms with van der Waals surface area (Å²) in [4.78, 5) is 45.9. The smallest absolute Gasteiger partial charge is 0.409 e. The number of thiophene rings is 1. The van der Waals surface area contributed by atoms with Crippen molar-refractivity contribution < 1.29 is 19.1 Å². The second-order valence-electron chi connectivity index (χ2n) is 12.4. The SMILES string of the molecule is N#Cc1cccc(OC(=O)N2CCN(C(=O)[C@@H](CC3CCCCC3)NC3CCCCC3)[C@H](C(=O)CCc3cccs3)C2)c1Cl. The molecular formula is C34H43ClN4O4S. The molecule has 1 aromatic carbocycles. The van der Waals surface area contributed by atoms with Gasteiger partial charge in [-0.05, 0) is 55.2 Å². The first-order valence-electron chi connectivity index (χ1n) is 16.2. The molecule has 0 radical (unpaired) electrons. The highest BCUT2D eigenvalue weighted by atomic mass is 35.5. The number of ether oxygens (including phenoxy) is 1. The molecule has 3 fully saturated rings. The highest BCUT2D eigenvalue weighted by Crippen LogP contribution is 2.31. The summed E-state index contributed by atoms with van der Waals surface area (Å²) in [6.07, 6.45) is 12.7. The van der Waals surface area contributed by atoms with Crippen LogP contribution in [-0.4, -0.2) is 65.3 Å². The third-order valence-corrected chi connectivity index (χ3v) is 10.7. The second-order valence-corrected chi connectivity index (χ2v) is 13.8. The Labute approximate surface area is 269 Å². The van der Waals surface area contributed by atoms with Crippen LogP contribution in [0.25, 0.3) is 0 Å². The number of aryl methyl sites for hydroxylation is 1. The van der Waals surface area contributed by atoms with Gasteiger partial charge in [-0.25, -0.2) is 4.79 Å². The molecule has 0 spiro atoms. The lowest BCUT2D eigenvalue weighted by atomic mass is 9.83. The van der Waals surface area contributed by atoms with Gasteiger partial charge in [0.25, 0.3) is 0 Å². The summed E-state index contributed by atoms with van der Waals surface area (Å²) in [6, 6.07) is 9.90. The maximum atomic E-state index is 14.4. The molecule has 1 N–H and O–H groups in total. The Hall–Kier alpha value is -2.93. The van der Waals surface area contributed by atoms with Crippen LogP contribution in [-0.2, 0) is 16.0 Å². The summed E-state index contributed by atoms with van der Waals surface area (Å²) in [5.74, 6) is 0.530. The quantitative estimate of drug-likeness (QED) is 0.309. The Bertz CT molecular complexity index is 1300. The maximum absolute atomic E-state index is 14.4. The van der Waals surface area contributed by atoms with E-state index >= 15 is 0 Å². The molecule has 10 heteroatoms. The van der Waals surface area contributed by atoms with E-state index in [0.29, 0.717) is 18.4 Å². The van der Waals surface area contributed by atoms with Crippen LogP contribution >= 0.6 is 22.9 Å². The van der Waals surface area contributed by atoms with Crippen LogP contribution < -0.4 is 10.1 Å². The van der Waals surface area contributed by atoms with Crippen molar-refractivity contribution in [2.45, 2.75) is 102 Å². The zero-order valence-electron chi connectivity index (χ0n) is 25.3. The Balaban J connectivity index is 1.33. The average Bonchev–Trinajstić information content (AvgIpc) is 3.58. The van der Waals surface area contributed by atoms with Crippen molar-refractivity contribution in [3.8, 4) is 11.8 Å². The first-order chi connectivity index (χ1) is 21.4. The second kappa shape index (κ2) is 15.9. The Kier molecular flexibility index (Phi) is 11.7. The van der Waals surface area contributed by atoms with Crippen LogP contribution in [0.2, 0.25) is 5.02 Å². The fourth-order valence-electron chi connectivity index (χ4n) is 6.94. The molecule has 5 rings (SSSR count). The summed E-state index contributed by atoms with van der Waals surface area (Å²) in [5.41, 5.74) is 0.212. The van der Waals surface area contributed by atoms with Crippen molar-refractivity contribution in [3.63, 3.8) is 0 Å². The molecule has 1 saturated heterocycles. The van der Waals surface area contributed by atoms with E-state index in [2.05, 4.69) is 5.32 Å². The molecule has 44 heavy (non-hydrogen) atoms. The minimum Gasteiger partial charge on any atom is -0.409 e. The van der Waals surface area contributed by atoms with Gasteiger partial charge in [-0.15, -0.1) is 11.3 Å². The highest BCUT2D eigenvalue weighted by molar-refractivity contribution is 7.09. The number of hydrogen-bond acceptors (Lipinski definition) is 7. The molecule has 2 aliphatic carbocycles. The van der Waals surface area contributed by atoms with Gasteiger partial charge in [-0.3, -0.25) is 9.59 Å². The van der Waals surface area contributed by atoms with Gasteiger partial charge < -0.3 is 19.9 Å². The predicted octanol–water partition coefficient (Wildman–Crippen LogP) is 6.75. The molecule has 1 aromatic heterocycles. The molecule has 2 aromatic rings. The van der Waals surface area contributed by atoms with Gasteiger partial charge in [0.1, 0.15) is 17.1 Å².